The zero-order chi connectivity index (χ0) is 36.6. The van der Waals surface area contributed by atoms with E-state index in [0.29, 0.717) is 0 Å². The summed E-state index contributed by atoms with van der Waals surface area (Å²) < 4.78 is 17.0. The van der Waals surface area contributed by atoms with E-state index in [-0.39, 0.29) is 34.0 Å². The highest BCUT2D eigenvalue weighted by Crippen LogP contribution is 2.49. The van der Waals surface area contributed by atoms with Crippen LogP contribution in [-0.4, -0.2) is 122 Å². The maximum absolute atomic E-state index is 14.2. The highest BCUT2D eigenvalue weighted by molar-refractivity contribution is 6.26. The van der Waals surface area contributed by atoms with Gasteiger partial charge in [-0.3, -0.25) is 9.59 Å². The molecule has 2 fully saturated rings. The number of carbonyl (C=O) groups excluding carboxylic acids is 3. The van der Waals surface area contributed by atoms with Crippen molar-refractivity contribution in [2.45, 2.75) is 49.1 Å². The minimum absolute atomic E-state index is 0.113. The number of carbonyl (C=O) groups is 3. The van der Waals surface area contributed by atoms with Crippen LogP contribution in [-0.2, 0) is 14.2 Å². The van der Waals surface area contributed by atoms with Gasteiger partial charge >= 0.3 is 5.97 Å². The molecule has 9 atom stereocenters. The van der Waals surface area contributed by atoms with Crippen molar-refractivity contribution >= 4 is 41.4 Å². The maximum Gasteiger partial charge on any atom is 0.338 e. The summed E-state index contributed by atoms with van der Waals surface area (Å²) in [6.45, 7) is -1.20. The van der Waals surface area contributed by atoms with E-state index in [1.165, 1.54) is 42.7 Å². The monoisotopic (exact) mass is 712 g/mol. The Balaban J connectivity index is 1.40. The number of amides is 2. The van der Waals surface area contributed by atoms with Crippen molar-refractivity contribution < 1.29 is 54.1 Å². The quantitative estimate of drug-likeness (QED) is 0.0965. The summed E-state index contributed by atoms with van der Waals surface area (Å²) in [5.41, 5.74) is 0.241. The lowest BCUT2D eigenvalue weighted by Gasteiger charge is -2.47. The molecule has 16 heteroatoms. The summed E-state index contributed by atoms with van der Waals surface area (Å²) in [5.74, 6) is -2.83. The number of rotatable bonds is 8. The van der Waals surface area contributed by atoms with Gasteiger partial charge in [-0.15, -0.1) is 0 Å². The third-order valence-corrected chi connectivity index (χ3v) is 9.25. The molecule has 4 aromatic rings. The molecular formula is C36H34N5O11+. The van der Waals surface area contributed by atoms with E-state index in [4.69, 9.17) is 14.2 Å². The van der Waals surface area contributed by atoms with Gasteiger partial charge in [-0.05, 0) is 36.4 Å². The molecule has 0 spiro atoms. The van der Waals surface area contributed by atoms with Crippen LogP contribution in [0.15, 0.2) is 102 Å². The van der Waals surface area contributed by atoms with Crippen LogP contribution in [0.1, 0.15) is 31.1 Å². The Morgan fingerprint density at radius 2 is 1.35 bits per heavy atom. The molecule has 52 heavy (non-hydrogen) atoms. The Labute approximate surface area is 296 Å². The standard InChI is InChI=1S/C36H34N5O11/c42-16-24-27(45)28(46)34(51-24)41(35-29(26(44)23(43)17-50-35)52-36(49)22-14-8-3-9-15-22)19-39-25-30(37-18-38-31(25)41)40(32(47)20-10-4-1-5-11-20)33(48)21-12-6-2-7-13-21/h1-15,18-19,23-24,26-29,34-35,42-46H,16-17H2/q+1/t23-,24-,26-,27-,28-,29-,34-,35-,41?/m1/s1. The first-order chi connectivity index (χ1) is 25.2. The first kappa shape index (κ1) is 35.1. The number of anilines is 1. The van der Waals surface area contributed by atoms with Gasteiger partial charge in [0, 0.05) is 11.1 Å². The third kappa shape index (κ3) is 5.96. The van der Waals surface area contributed by atoms with Gasteiger partial charge in [0.15, 0.2) is 17.6 Å². The fraction of sp³-hybridized carbons (Fsp3) is 0.278. The Morgan fingerprint density at radius 3 is 1.90 bits per heavy atom. The molecule has 1 aromatic heterocycles. The topological polar surface area (TPSA) is 221 Å². The zero-order valence-electron chi connectivity index (χ0n) is 27.3. The van der Waals surface area contributed by atoms with Gasteiger partial charge in [-0.1, -0.05) is 54.6 Å². The minimum Gasteiger partial charge on any atom is -0.447 e. The molecular weight excluding hydrogens is 678 g/mol. The van der Waals surface area contributed by atoms with Gasteiger partial charge in [0.25, 0.3) is 17.6 Å². The molecule has 2 amide bonds. The summed E-state index contributed by atoms with van der Waals surface area (Å²) >= 11 is 0. The average Bonchev–Trinajstić information content (AvgIpc) is 3.71. The summed E-state index contributed by atoms with van der Waals surface area (Å²) in [6, 6.07) is 23.8. The van der Waals surface area contributed by atoms with Crippen molar-refractivity contribution in [2.24, 2.45) is 4.99 Å². The highest BCUT2D eigenvalue weighted by Gasteiger charge is 2.66. The number of aliphatic imine (C=N–C) groups is 1. The number of quaternary nitrogens is 1. The highest BCUT2D eigenvalue weighted by atomic mass is 16.6. The van der Waals surface area contributed by atoms with Crippen molar-refractivity contribution in [3.05, 3.63) is 114 Å². The summed E-state index contributed by atoms with van der Waals surface area (Å²) in [5, 5.41) is 54.4. The Hall–Kier alpha value is -5.30. The smallest absolute Gasteiger partial charge is 0.338 e. The van der Waals surface area contributed by atoms with Gasteiger partial charge in [0.2, 0.25) is 24.9 Å². The first-order valence-corrected chi connectivity index (χ1v) is 16.3. The minimum atomic E-state index is -1.76. The molecule has 4 heterocycles. The number of ether oxygens (including phenoxy) is 3. The number of aliphatic hydroxyl groups is 5. The summed E-state index contributed by atoms with van der Waals surface area (Å²) in [6.07, 6.45) is -10.7. The summed E-state index contributed by atoms with van der Waals surface area (Å²) in [7, 11) is 0. The molecule has 5 N–H and O–H groups in total. The molecule has 0 bridgehead atoms. The van der Waals surface area contributed by atoms with E-state index < -0.39 is 84.6 Å². The number of benzene rings is 3. The second-order valence-corrected chi connectivity index (χ2v) is 12.4. The van der Waals surface area contributed by atoms with Crippen LogP contribution in [0, 0.1) is 0 Å². The van der Waals surface area contributed by atoms with Crippen LogP contribution < -0.4 is 9.38 Å². The van der Waals surface area contributed by atoms with Crippen molar-refractivity contribution in [3.8, 4) is 0 Å². The van der Waals surface area contributed by atoms with E-state index in [2.05, 4.69) is 15.0 Å². The van der Waals surface area contributed by atoms with E-state index in [1.807, 2.05) is 0 Å². The molecule has 0 saturated carbocycles. The van der Waals surface area contributed by atoms with Crippen molar-refractivity contribution in [3.63, 3.8) is 0 Å². The maximum atomic E-state index is 14.2. The zero-order valence-corrected chi connectivity index (χ0v) is 27.3. The lowest BCUT2D eigenvalue weighted by molar-refractivity contribution is -0.237. The van der Waals surface area contributed by atoms with Crippen LogP contribution in [0.25, 0.3) is 0 Å². The SMILES string of the molecule is O=C(O[C@@H]1[C@H](O)[C@H](O)CO[C@H]1[N+]1([C@@H]2O[C@H](CO)[C@@H](O)[C@H]2O)C=Nc2c(N(C(=O)c3ccccc3)C(=O)c3ccccc3)ncnc21)c1ccccc1. The van der Waals surface area contributed by atoms with Crippen LogP contribution in [0.3, 0.4) is 0 Å². The van der Waals surface area contributed by atoms with Gasteiger partial charge < -0.3 is 39.7 Å². The van der Waals surface area contributed by atoms with Crippen molar-refractivity contribution in [1.82, 2.24) is 14.5 Å². The normalized spacial score (nSPS) is 29.3. The lowest BCUT2D eigenvalue weighted by Crippen LogP contribution is -2.73. The molecule has 268 valence electrons. The molecule has 1 unspecified atom stereocenters. The van der Waals surface area contributed by atoms with Gasteiger partial charge in [0.1, 0.15) is 30.7 Å². The first-order valence-electron chi connectivity index (χ1n) is 16.3. The number of aliphatic hydroxyl groups excluding tert-OH is 5. The number of esters is 1. The molecule has 3 aromatic carbocycles. The van der Waals surface area contributed by atoms with E-state index in [1.54, 1.807) is 54.6 Å². The lowest BCUT2D eigenvalue weighted by atomic mass is 10.00. The molecule has 16 nitrogen and oxygen atoms in total. The number of hydrogen-bond donors (Lipinski definition) is 5. The number of nitrogens with zero attached hydrogens (tertiary/aromatic N) is 5. The molecule has 0 radical (unpaired) electrons. The van der Waals surface area contributed by atoms with Crippen LogP contribution >= 0.6 is 0 Å². The van der Waals surface area contributed by atoms with Gasteiger partial charge in [0.05, 0.1) is 18.8 Å². The van der Waals surface area contributed by atoms with Crippen LogP contribution in [0.4, 0.5) is 17.3 Å². The number of hydrogen-bond acceptors (Lipinski definition) is 14. The van der Waals surface area contributed by atoms with Gasteiger partial charge in [-0.2, -0.15) is 14.5 Å². The number of imide groups is 1. The van der Waals surface area contributed by atoms with E-state index in [0.717, 1.165) is 11.2 Å². The average molecular weight is 713 g/mol. The number of aromatic nitrogens is 2. The fourth-order valence-corrected chi connectivity index (χ4v) is 6.62. The third-order valence-electron chi connectivity index (χ3n) is 9.25. The second-order valence-electron chi connectivity index (χ2n) is 12.4. The Bertz CT molecular complexity index is 1920. The van der Waals surface area contributed by atoms with Gasteiger partial charge in [-0.25, -0.2) is 14.7 Å². The molecule has 0 aliphatic carbocycles. The van der Waals surface area contributed by atoms with Crippen LogP contribution in [0.5, 0.6) is 0 Å². The predicted octanol–water partition coefficient (Wildman–Crippen LogP) is 0.687. The predicted molar refractivity (Wildman–Crippen MR) is 181 cm³/mol. The van der Waals surface area contributed by atoms with E-state index >= 15 is 0 Å². The second kappa shape index (κ2) is 14.4. The van der Waals surface area contributed by atoms with Crippen molar-refractivity contribution in [1.29, 1.82) is 0 Å². The fourth-order valence-electron chi connectivity index (χ4n) is 6.62. The van der Waals surface area contributed by atoms with Crippen molar-refractivity contribution in [2.75, 3.05) is 18.1 Å². The van der Waals surface area contributed by atoms with E-state index in [9.17, 15) is 39.9 Å². The Morgan fingerprint density at radius 1 is 0.769 bits per heavy atom. The molecule has 7 rings (SSSR count). The molecule has 3 aliphatic heterocycles. The largest absolute Gasteiger partial charge is 0.447 e. The number of fused-ring (bicyclic) bond motifs is 1. The molecule has 3 aliphatic rings. The molecule has 2 saturated heterocycles. The van der Waals surface area contributed by atoms with Crippen LogP contribution in [0.2, 0.25) is 0 Å². The summed E-state index contributed by atoms with van der Waals surface area (Å²) in [4.78, 5) is 55.9. The Kier molecular flexibility index (Phi) is 9.71.